The van der Waals surface area contributed by atoms with Crippen molar-refractivity contribution in [3.63, 3.8) is 0 Å². The number of ether oxygens (including phenoxy) is 6. The van der Waals surface area contributed by atoms with E-state index in [1.807, 2.05) is 117 Å². The number of hydrogen-bond acceptors (Lipinski definition) is 15. The molecule has 17 heteroatoms. The van der Waals surface area contributed by atoms with Crippen molar-refractivity contribution in [1.82, 2.24) is 10.3 Å². The van der Waals surface area contributed by atoms with Gasteiger partial charge >= 0.3 is 5.97 Å². The van der Waals surface area contributed by atoms with Crippen molar-refractivity contribution < 1.29 is 57.4 Å². The minimum absolute atomic E-state index is 0.0346. The zero-order chi connectivity index (χ0) is 58.6. The van der Waals surface area contributed by atoms with Crippen LogP contribution in [0.3, 0.4) is 0 Å². The monoisotopic (exact) mass is 1130 g/mol. The number of nitrogens with one attached hydrogen (secondary N) is 1. The molecule has 3 aromatic rings. The molecule has 0 aromatic heterocycles. The molecule has 0 spiro atoms. The van der Waals surface area contributed by atoms with E-state index in [0.717, 1.165) is 16.7 Å². The summed E-state index contributed by atoms with van der Waals surface area (Å²) in [7, 11) is 1.36. The number of carbonyl (C=O) groups excluding carboxylic acids is 1. The zero-order valence-corrected chi connectivity index (χ0v) is 53.1. The molecule has 3 aromatic carbocycles. The van der Waals surface area contributed by atoms with Gasteiger partial charge in [0.1, 0.15) is 23.3 Å². The second kappa shape index (κ2) is 26.0. The van der Waals surface area contributed by atoms with E-state index in [1.54, 1.807) is 21.0 Å². The molecule has 0 saturated carbocycles. The highest BCUT2D eigenvalue weighted by atomic mass is 28.4. The summed E-state index contributed by atoms with van der Waals surface area (Å²) in [4.78, 5) is 17.2. The van der Waals surface area contributed by atoms with Gasteiger partial charge in [0.05, 0.1) is 53.7 Å². The van der Waals surface area contributed by atoms with Crippen molar-refractivity contribution in [2.45, 2.75) is 224 Å². The quantitative estimate of drug-likeness (QED) is 0.0461. The molecule has 3 fully saturated rings. The molecular formula is C62H99N3O12Si2. The number of cyclic esters (lactones) is 1. The largest absolute Gasteiger partial charge is 0.459 e. The Morgan fingerprint density at radius 3 is 1.72 bits per heavy atom. The molecule has 79 heavy (non-hydrogen) atoms. The molecule has 0 bridgehead atoms. The number of rotatable bonds is 16. The average molecular weight is 1130 g/mol. The first-order valence-corrected chi connectivity index (χ1v) is 35.6. The zero-order valence-electron chi connectivity index (χ0n) is 51.1. The first-order chi connectivity index (χ1) is 36.8. The molecule has 0 radical (unpaired) electrons. The topological polar surface area (TPSA) is 179 Å². The third-order valence-corrected chi connectivity index (χ3v) is 18.7. The lowest BCUT2D eigenvalue weighted by atomic mass is 9.73. The Morgan fingerprint density at radius 2 is 1.25 bits per heavy atom. The summed E-state index contributed by atoms with van der Waals surface area (Å²) in [6, 6.07) is 30.2. The maximum atomic E-state index is 15.1. The van der Waals surface area contributed by atoms with Crippen molar-refractivity contribution in [2.75, 3.05) is 21.2 Å². The molecule has 0 amide bonds. The van der Waals surface area contributed by atoms with Crippen molar-refractivity contribution in [2.24, 2.45) is 28.8 Å². The van der Waals surface area contributed by atoms with Gasteiger partial charge in [-0.3, -0.25) is 10.2 Å². The number of methoxy groups -OCH3 is 1. The van der Waals surface area contributed by atoms with Gasteiger partial charge in [0.2, 0.25) is 0 Å². The average Bonchev–Trinajstić information content (AvgIpc) is 3.38. The van der Waals surface area contributed by atoms with Gasteiger partial charge in [-0.1, -0.05) is 119 Å². The van der Waals surface area contributed by atoms with Crippen molar-refractivity contribution in [1.29, 1.82) is 0 Å². The fourth-order valence-corrected chi connectivity index (χ4v) is 14.9. The van der Waals surface area contributed by atoms with Crippen molar-refractivity contribution >= 4 is 28.3 Å². The van der Waals surface area contributed by atoms with Gasteiger partial charge in [-0.05, 0) is 137 Å². The Bertz CT molecular complexity index is 2330. The molecule has 3 aliphatic rings. The number of esters is 1. The van der Waals surface area contributed by atoms with E-state index in [0.29, 0.717) is 12.1 Å². The highest BCUT2D eigenvalue weighted by Gasteiger charge is 2.55. The summed E-state index contributed by atoms with van der Waals surface area (Å²) in [5, 5.41) is 44.5. The molecule has 442 valence electrons. The Kier molecular flexibility index (Phi) is 21.3. The SMILES string of the molecule is CC[C@@H]1OC(=O)[C@H](C)[C@H](O[C@H]2C[C@@](C)(OC)[C@@H](O[Si](C)(C)C)[C@H](C)O2)[C@@H](C)[C@@H](O[C@@H]2O[C@H](C)C[C@H](N(C)C)[C@H]2O[Si](C)(C)C)[C@@](C)(O)C[C@@H](C)/C(=N\NC(c2ccccc2)(c2ccccc2)c2ccccc2)[C@@H](C)[C@H](O)[C@@]1(C)O. The van der Waals surface area contributed by atoms with Crippen LogP contribution in [0.5, 0.6) is 0 Å². The normalized spacial score (nSPS) is 37.3. The predicted octanol–water partition coefficient (Wildman–Crippen LogP) is 9.87. The van der Waals surface area contributed by atoms with E-state index >= 15 is 4.79 Å². The van der Waals surface area contributed by atoms with Crippen LogP contribution in [0.15, 0.2) is 96.1 Å². The lowest BCUT2D eigenvalue weighted by Crippen LogP contribution is -2.62. The smallest absolute Gasteiger partial charge is 0.311 e. The molecule has 3 aliphatic heterocycles. The number of nitrogens with zero attached hydrogens (tertiary/aromatic N) is 2. The van der Waals surface area contributed by atoms with Crippen LogP contribution in [0.2, 0.25) is 39.3 Å². The van der Waals surface area contributed by atoms with E-state index in [9.17, 15) is 15.3 Å². The van der Waals surface area contributed by atoms with Gasteiger partial charge in [0.25, 0.3) is 0 Å². The number of benzene rings is 3. The van der Waals surface area contributed by atoms with Gasteiger partial charge in [0.15, 0.2) is 29.2 Å². The lowest BCUT2D eigenvalue weighted by Gasteiger charge is -2.51. The van der Waals surface area contributed by atoms with Gasteiger partial charge in [-0.15, -0.1) is 0 Å². The minimum atomic E-state index is -2.27. The Morgan fingerprint density at radius 1 is 0.734 bits per heavy atom. The second-order valence-corrected chi connectivity index (χ2v) is 34.9. The molecule has 18 atom stereocenters. The lowest BCUT2D eigenvalue weighted by molar-refractivity contribution is -0.315. The maximum absolute atomic E-state index is 15.1. The number of hydrazone groups is 1. The number of likely N-dealkylation sites (N-methyl/N-ethyl adjacent to an activating group) is 1. The van der Waals surface area contributed by atoms with Crippen LogP contribution in [0.25, 0.3) is 0 Å². The summed E-state index contributed by atoms with van der Waals surface area (Å²) < 4.78 is 54.6. The Balaban J connectivity index is 1.57. The van der Waals surface area contributed by atoms with E-state index in [2.05, 4.69) is 86.0 Å². The summed E-state index contributed by atoms with van der Waals surface area (Å²) in [6.07, 6.45) is -7.22. The Labute approximate surface area is 475 Å². The third-order valence-electron chi connectivity index (χ3n) is 16.7. The molecule has 6 rings (SSSR count). The van der Waals surface area contributed by atoms with Crippen molar-refractivity contribution in [3.05, 3.63) is 108 Å². The number of aliphatic hydroxyl groups is 3. The second-order valence-electron chi connectivity index (χ2n) is 26.0. The van der Waals surface area contributed by atoms with Gasteiger partial charge in [0, 0.05) is 37.1 Å². The number of aliphatic hydroxyl groups excluding tert-OH is 1. The molecule has 0 aliphatic carbocycles. The van der Waals surface area contributed by atoms with Crippen LogP contribution in [0, 0.1) is 23.7 Å². The van der Waals surface area contributed by atoms with Crippen LogP contribution in [-0.4, -0.2) is 154 Å². The van der Waals surface area contributed by atoms with Crippen LogP contribution < -0.4 is 5.43 Å². The van der Waals surface area contributed by atoms with Gasteiger partial charge in [-0.2, -0.15) is 5.10 Å². The standard InChI is InChI=1S/C62H99N3O12Si2/c1-20-49-61(10,69)54(66)41(4)51(63-64-62(45-30-24-21-25-31-45,46-32-26-22-27-33-46)47-34-28-23-29-35-47)39(2)37-59(8,68)55(75-58-53(76-78(14,15)16)48(65(11)12)36-40(3)71-58)42(5)52(43(6)57(67)73-49)74-50-38-60(9,70-13)56(44(7)72-50)77-79(17,18)19/h21-35,39-44,48-50,52-56,58,64,66,68-69H,20,36-38H2,1-19H3/b63-51+/t39-,40-,41-,42-,43-,44+,48+,49+,50+,52-,53-,54+,55-,56+,58+,59+,60-,61+/m1/s1. The number of carbonyl (C=O) groups is 1. The first-order valence-electron chi connectivity index (χ1n) is 28.8. The highest BCUT2D eigenvalue weighted by Crippen LogP contribution is 2.44. The molecule has 4 N–H and O–H groups in total. The fourth-order valence-electron chi connectivity index (χ4n) is 12.6. The first kappa shape index (κ1) is 64.8. The molecule has 3 heterocycles. The summed E-state index contributed by atoms with van der Waals surface area (Å²) >= 11 is 0. The van der Waals surface area contributed by atoms with Crippen molar-refractivity contribution in [3.8, 4) is 0 Å². The van der Waals surface area contributed by atoms with E-state index in [4.69, 9.17) is 42.4 Å². The fraction of sp³-hybridized carbons (Fsp3) is 0.677. The van der Waals surface area contributed by atoms with E-state index in [1.165, 1.54) is 6.92 Å². The van der Waals surface area contributed by atoms with E-state index in [-0.39, 0.29) is 31.4 Å². The maximum Gasteiger partial charge on any atom is 0.311 e. The molecule has 0 unspecified atom stereocenters. The predicted molar refractivity (Wildman–Crippen MR) is 315 cm³/mol. The Hall–Kier alpha value is -3.41. The summed E-state index contributed by atoms with van der Waals surface area (Å²) in [6.45, 7) is 31.3. The third kappa shape index (κ3) is 15.1. The van der Waals surface area contributed by atoms with Crippen LogP contribution >= 0.6 is 0 Å². The van der Waals surface area contributed by atoms with E-state index < -0.39 is 124 Å². The van der Waals surface area contributed by atoms with Crippen LogP contribution in [0.4, 0.5) is 0 Å². The van der Waals surface area contributed by atoms with Gasteiger partial charge in [-0.25, -0.2) is 0 Å². The minimum Gasteiger partial charge on any atom is -0.459 e. The summed E-state index contributed by atoms with van der Waals surface area (Å²) in [5.74, 6) is -3.96. The number of hydrogen-bond donors (Lipinski definition) is 4. The summed E-state index contributed by atoms with van der Waals surface area (Å²) in [5.41, 5.74) is 1.23. The highest BCUT2D eigenvalue weighted by molar-refractivity contribution is 6.70. The van der Waals surface area contributed by atoms with Crippen LogP contribution in [0.1, 0.15) is 112 Å². The molecule has 15 nitrogen and oxygen atoms in total. The van der Waals surface area contributed by atoms with Crippen LogP contribution in [-0.2, 0) is 47.6 Å². The molecular weight excluding hydrogens is 1030 g/mol. The molecule has 3 saturated heterocycles. The van der Waals surface area contributed by atoms with Gasteiger partial charge < -0.3 is 57.5 Å².